The molecule has 0 unspecified atom stereocenters. The fraction of sp³-hybridized carbons (Fsp3) is 0.364. The maximum Gasteiger partial charge on any atom is 0.192 e. The summed E-state index contributed by atoms with van der Waals surface area (Å²) in [5.41, 5.74) is 3.40. The molecule has 3 rings (SSSR count). The van der Waals surface area contributed by atoms with E-state index in [1.54, 1.807) is 0 Å². The number of aromatic amines is 1. The molecule has 138 valence electrons. The molecule has 0 fully saturated rings. The van der Waals surface area contributed by atoms with E-state index in [1.807, 2.05) is 24.3 Å². The topological polar surface area (TPSA) is 34.2 Å². The highest BCUT2D eigenvalue weighted by Crippen LogP contribution is 2.37. The van der Waals surface area contributed by atoms with Crippen molar-refractivity contribution in [1.82, 2.24) is 4.98 Å². The smallest absolute Gasteiger partial charge is 0.192 e. The Morgan fingerprint density at radius 3 is 2.35 bits per heavy atom. The van der Waals surface area contributed by atoms with Gasteiger partial charge >= 0.3 is 0 Å². The maximum absolute atomic E-state index is 6.32. The van der Waals surface area contributed by atoms with Gasteiger partial charge < -0.3 is 14.1 Å². The fourth-order valence-electron chi connectivity index (χ4n) is 2.55. The molecule has 0 radical (unpaired) electrons. The Hall–Kier alpha value is -2.04. The number of hydrogen-bond donors (Lipinski definition) is 1. The predicted octanol–water partition coefficient (Wildman–Crippen LogP) is 6.27. The molecule has 0 bridgehead atoms. The van der Waals surface area contributed by atoms with Crippen molar-refractivity contribution in [2.24, 2.45) is 0 Å². The molecule has 4 heteroatoms. The lowest BCUT2D eigenvalue weighted by Gasteiger charge is -2.36. The number of H-pyrrole nitrogens is 1. The van der Waals surface area contributed by atoms with Crippen molar-refractivity contribution in [3.8, 4) is 5.75 Å². The summed E-state index contributed by atoms with van der Waals surface area (Å²) >= 11 is 0. The Labute approximate surface area is 157 Å². The summed E-state index contributed by atoms with van der Waals surface area (Å²) in [7, 11) is -1.74. The average Bonchev–Trinajstić information content (AvgIpc) is 3.00. The van der Waals surface area contributed by atoms with Crippen LogP contribution in [0.25, 0.3) is 10.9 Å². The zero-order valence-corrected chi connectivity index (χ0v) is 17.4. The van der Waals surface area contributed by atoms with E-state index in [1.165, 1.54) is 5.56 Å². The molecule has 1 aromatic heterocycles. The summed E-state index contributed by atoms with van der Waals surface area (Å²) in [6, 6.07) is 18.6. The number of ether oxygens (including phenoxy) is 1. The molecule has 0 atom stereocenters. The number of hydrogen-bond acceptors (Lipinski definition) is 2. The van der Waals surface area contributed by atoms with E-state index in [0.717, 1.165) is 22.3 Å². The van der Waals surface area contributed by atoms with Gasteiger partial charge in [0.05, 0.1) is 6.61 Å². The molecule has 3 aromatic rings. The van der Waals surface area contributed by atoms with Crippen LogP contribution in [0, 0.1) is 0 Å². The molecular weight excluding hydrogens is 338 g/mol. The second-order valence-electron chi connectivity index (χ2n) is 8.37. The lowest BCUT2D eigenvalue weighted by molar-refractivity contribution is 0.273. The number of fused-ring (bicyclic) bond motifs is 1. The summed E-state index contributed by atoms with van der Waals surface area (Å²) < 4.78 is 12.3. The van der Waals surface area contributed by atoms with Gasteiger partial charge in [0.2, 0.25) is 0 Å². The second kappa shape index (κ2) is 7.29. The van der Waals surface area contributed by atoms with E-state index in [9.17, 15) is 0 Å². The van der Waals surface area contributed by atoms with Gasteiger partial charge in [-0.2, -0.15) is 0 Å². The minimum Gasteiger partial charge on any atom is -0.489 e. The molecule has 0 saturated heterocycles. The molecule has 0 spiro atoms. The normalized spacial score (nSPS) is 12.5. The third kappa shape index (κ3) is 4.37. The molecule has 0 saturated carbocycles. The molecule has 0 amide bonds. The molecule has 3 nitrogen and oxygen atoms in total. The Bertz CT molecular complexity index is 863. The third-order valence-electron chi connectivity index (χ3n) is 5.29. The van der Waals surface area contributed by atoms with Gasteiger partial charge in [-0.1, -0.05) is 51.1 Å². The standard InChI is InChI=1S/C22H29NO2Si/c1-22(2,3)26(4,5)25-16-19-13-18-14-20(11-12-21(18)23-19)24-15-17-9-7-6-8-10-17/h6-14,23H,15-16H2,1-5H3. The van der Waals surface area contributed by atoms with Crippen LogP contribution >= 0.6 is 0 Å². The monoisotopic (exact) mass is 367 g/mol. The van der Waals surface area contributed by atoms with Gasteiger partial charge in [0, 0.05) is 16.6 Å². The van der Waals surface area contributed by atoms with Crippen LogP contribution in [-0.2, 0) is 17.6 Å². The fourth-order valence-corrected chi connectivity index (χ4v) is 3.50. The number of aromatic nitrogens is 1. The van der Waals surface area contributed by atoms with E-state index in [4.69, 9.17) is 9.16 Å². The predicted molar refractivity (Wildman–Crippen MR) is 111 cm³/mol. The van der Waals surface area contributed by atoms with Crippen molar-refractivity contribution < 1.29 is 9.16 Å². The van der Waals surface area contributed by atoms with Crippen LogP contribution < -0.4 is 4.74 Å². The summed E-state index contributed by atoms with van der Waals surface area (Å²) in [5.74, 6) is 0.886. The van der Waals surface area contributed by atoms with Gasteiger partial charge in [-0.15, -0.1) is 0 Å². The SMILES string of the molecule is CC(C)(C)[Si](C)(C)OCc1cc2cc(OCc3ccccc3)ccc2[nH]1. The second-order valence-corrected chi connectivity index (χ2v) is 13.2. The van der Waals surface area contributed by atoms with Crippen LogP contribution in [0.4, 0.5) is 0 Å². The first-order chi connectivity index (χ1) is 12.2. The molecule has 0 aliphatic rings. The van der Waals surface area contributed by atoms with Crippen LogP contribution in [0.3, 0.4) is 0 Å². The molecular formula is C22H29NO2Si. The van der Waals surface area contributed by atoms with Gasteiger partial charge in [0.25, 0.3) is 0 Å². The van der Waals surface area contributed by atoms with Crippen molar-refractivity contribution in [3.63, 3.8) is 0 Å². The van der Waals surface area contributed by atoms with Crippen LogP contribution in [0.15, 0.2) is 54.6 Å². The first-order valence-corrected chi connectivity index (χ1v) is 12.1. The summed E-state index contributed by atoms with van der Waals surface area (Å²) in [4.78, 5) is 3.46. The third-order valence-corrected chi connectivity index (χ3v) is 9.77. The van der Waals surface area contributed by atoms with Gasteiger partial charge in [0.1, 0.15) is 12.4 Å². The molecule has 0 aliphatic carbocycles. The number of rotatable bonds is 6. The zero-order valence-electron chi connectivity index (χ0n) is 16.4. The highest BCUT2D eigenvalue weighted by molar-refractivity contribution is 6.74. The van der Waals surface area contributed by atoms with E-state index in [-0.39, 0.29) is 5.04 Å². The van der Waals surface area contributed by atoms with Crippen molar-refractivity contribution >= 4 is 19.2 Å². The van der Waals surface area contributed by atoms with E-state index >= 15 is 0 Å². The first-order valence-electron chi connectivity index (χ1n) is 9.17. The highest BCUT2D eigenvalue weighted by atomic mass is 28.4. The Morgan fingerprint density at radius 1 is 0.923 bits per heavy atom. The highest BCUT2D eigenvalue weighted by Gasteiger charge is 2.37. The Balaban J connectivity index is 1.67. The van der Waals surface area contributed by atoms with E-state index in [0.29, 0.717) is 13.2 Å². The van der Waals surface area contributed by atoms with E-state index < -0.39 is 8.32 Å². The maximum atomic E-state index is 6.32. The molecule has 26 heavy (non-hydrogen) atoms. The quantitative estimate of drug-likeness (QED) is 0.521. The number of nitrogens with one attached hydrogen (secondary N) is 1. The zero-order chi connectivity index (χ0) is 18.8. The van der Waals surface area contributed by atoms with Crippen LogP contribution in [0.5, 0.6) is 5.75 Å². The average molecular weight is 368 g/mol. The molecule has 1 heterocycles. The molecule has 0 aliphatic heterocycles. The van der Waals surface area contributed by atoms with Gasteiger partial charge in [-0.3, -0.25) is 0 Å². The van der Waals surface area contributed by atoms with Crippen molar-refractivity contribution in [2.75, 3.05) is 0 Å². The summed E-state index contributed by atoms with van der Waals surface area (Å²) in [6.45, 7) is 12.6. The summed E-state index contributed by atoms with van der Waals surface area (Å²) in [5, 5.41) is 1.38. The number of benzene rings is 2. The van der Waals surface area contributed by atoms with E-state index in [2.05, 4.69) is 69.2 Å². The van der Waals surface area contributed by atoms with Gasteiger partial charge in [-0.25, -0.2) is 0 Å². The van der Waals surface area contributed by atoms with Crippen LogP contribution in [-0.4, -0.2) is 13.3 Å². The summed E-state index contributed by atoms with van der Waals surface area (Å²) in [6.07, 6.45) is 0. The van der Waals surface area contributed by atoms with Crippen LogP contribution in [0.1, 0.15) is 32.0 Å². The minimum absolute atomic E-state index is 0.220. The van der Waals surface area contributed by atoms with Gasteiger partial charge in [-0.05, 0) is 48.0 Å². The van der Waals surface area contributed by atoms with Gasteiger partial charge in [0.15, 0.2) is 8.32 Å². The lowest BCUT2D eigenvalue weighted by atomic mass is 10.2. The van der Waals surface area contributed by atoms with Crippen LogP contribution in [0.2, 0.25) is 18.1 Å². The molecule has 2 aromatic carbocycles. The van der Waals surface area contributed by atoms with Crippen molar-refractivity contribution in [2.45, 2.75) is 52.1 Å². The first kappa shape index (κ1) is 18.7. The van der Waals surface area contributed by atoms with Crippen molar-refractivity contribution in [3.05, 3.63) is 65.9 Å². The Morgan fingerprint density at radius 2 is 1.65 bits per heavy atom. The van der Waals surface area contributed by atoms with Crippen molar-refractivity contribution in [1.29, 1.82) is 0 Å². The lowest BCUT2D eigenvalue weighted by Crippen LogP contribution is -2.40. The largest absolute Gasteiger partial charge is 0.489 e. The molecule has 1 N–H and O–H groups in total. The Kier molecular flexibility index (Phi) is 5.26. The minimum atomic E-state index is -1.74.